The molecular formula is C12H17N3O6. The summed E-state index contributed by atoms with van der Waals surface area (Å²) in [5.74, 6) is -0.550. The fourth-order valence-corrected chi connectivity index (χ4v) is 1.37. The summed E-state index contributed by atoms with van der Waals surface area (Å²) in [6.07, 6.45) is -3.14. The largest absolute Gasteiger partial charge is 0.394 e. The summed E-state index contributed by atoms with van der Waals surface area (Å²) in [5.41, 5.74) is 2.40. The summed E-state index contributed by atoms with van der Waals surface area (Å²) in [4.78, 5) is 15.3. The fraction of sp³-hybridized carbons (Fsp3) is 0.417. The number of hydrogen-bond donors (Lipinski definition) is 6. The molecule has 0 saturated heterocycles. The first kappa shape index (κ1) is 17.1. The number of nitrogens with zero attached hydrogens (tertiary/aromatic N) is 2. The van der Waals surface area contributed by atoms with Crippen LogP contribution in [0.25, 0.3) is 0 Å². The van der Waals surface area contributed by atoms with E-state index in [1.165, 1.54) is 24.5 Å². The average molecular weight is 299 g/mol. The first-order valence-electron chi connectivity index (χ1n) is 6.04. The number of aliphatic hydroxyl groups is 5. The molecule has 1 amide bonds. The molecule has 4 atom stereocenters. The monoisotopic (exact) mass is 299 g/mol. The van der Waals surface area contributed by atoms with E-state index in [1.807, 2.05) is 0 Å². The fourth-order valence-electron chi connectivity index (χ4n) is 1.37. The molecule has 9 heteroatoms. The Morgan fingerprint density at radius 2 is 1.86 bits per heavy atom. The van der Waals surface area contributed by atoms with Gasteiger partial charge in [-0.3, -0.25) is 9.78 Å². The van der Waals surface area contributed by atoms with Gasteiger partial charge in [0.1, 0.15) is 24.4 Å². The summed E-state index contributed by atoms with van der Waals surface area (Å²) < 4.78 is 0. The van der Waals surface area contributed by atoms with Gasteiger partial charge in [0, 0.05) is 18.0 Å². The molecule has 1 aromatic heterocycles. The highest BCUT2D eigenvalue weighted by atomic mass is 16.4. The lowest BCUT2D eigenvalue weighted by Gasteiger charge is -2.23. The quantitative estimate of drug-likeness (QED) is 0.235. The molecule has 0 aromatic carbocycles. The van der Waals surface area contributed by atoms with Gasteiger partial charge >= 0.3 is 0 Å². The number of carbonyl (C=O) groups is 1. The highest BCUT2D eigenvalue weighted by molar-refractivity contribution is 5.94. The number of aliphatic hydroxyl groups excluding tert-OH is 5. The van der Waals surface area contributed by atoms with Gasteiger partial charge in [0.15, 0.2) is 0 Å². The van der Waals surface area contributed by atoms with E-state index < -0.39 is 36.9 Å². The van der Waals surface area contributed by atoms with Crippen LogP contribution in [0.5, 0.6) is 0 Å². The van der Waals surface area contributed by atoms with Crippen LogP contribution in [-0.4, -0.2) is 73.7 Å². The Kier molecular flexibility index (Phi) is 6.85. The molecule has 1 rings (SSSR count). The van der Waals surface area contributed by atoms with Crippen LogP contribution in [-0.2, 0) is 0 Å². The van der Waals surface area contributed by atoms with Crippen LogP contribution in [0.1, 0.15) is 10.4 Å². The summed E-state index contributed by atoms with van der Waals surface area (Å²) in [7, 11) is 0. The third kappa shape index (κ3) is 5.17. The first-order valence-corrected chi connectivity index (χ1v) is 6.04. The molecule has 0 aliphatic rings. The van der Waals surface area contributed by atoms with E-state index in [0.29, 0.717) is 5.56 Å². The Morgan fingerprint density at radius 3 is 2.43 bits per heavy atom. The Hall–Kier alpha value is -1.91. The van der Waals surface area contributed by atoms with Crippen LogP contribution in [0.2, 0.25) is 0 Å². The van der Waals surface area contributed by atoms with Crippen molar-refractivity contribution in [2.75, 3.05) is 6.61 Å². The van der Waals surface area contributed by atoms with Crippen LogP contribution in [0, 0.1) is 0 Å². The van der Waals surface area contributed by atoms with Gasteiger partial charge in [-0.1, -0.05) is 0 Å². The zero-order chi connectivity index (χ0) is 15.8. The SMILES string of the molecule is O=C(NN=C[C@H](O)[C@@H](O)[C@H](O)[C@H](O)CO)c1ccncc1. The lowest BCUT2D eigenvalue weighted by molar-refractivity contribution is -0.0999. The minimum Gasteiger partial charge on any atom is -0.394 e. The minimum absolute atomic E-state index is 0.299. The molecule has 1 heterocycles. The van der Waals surface area contributed by atoms with Gasteiger partial charge in [0.05, 0.1) is 12.8 Å². The van der Waals surface area contributed by atoms with E-state index in [1.54, 1.807) is 0 Å². The molecule has 0 aliphatic heterocycles. The predicted octanol–water partition coefficient (Wildman–Crippen LogP) is -2.77. The topological polar surface area (TPSA) is 156 Å². The molecule has 0 bridgehead atoms. The highest BCUT2D eigenvalue weighted by Gasteiger charge is 2.29. The van der Waals surface area contributed by atoms with Gasteiger partial charge in [-0.05, 0) is 12.1 Å². The number of aromatic nitrogens is 1. The van der Waals surface area contributed by atoms with Crippen molar-refractivity contribution in [2.24, 2.45) is 5.10 Å². The third-order valence-electron chi connectivity index (χ3n) is 2.62. The van der Waals surface area contributed by atoms with Crippen LogP contribution < -0.4 is 5.43 Å². The van der Waals surface area contributed by atoms with Gasteiger partial charge in [0.25, 0.3) is 5.91 Å². The van der Waals surface area contributed by atoms with Crippen LogP contribution >= 0.6 is 0 Å². The van der Waals surface area contributed by atoms with E-state index >= 15 is 0 Å². The molecule has 6 N–H and O–H groups in total. The molecular weight excluding hydrogens is 282 g/mol. The van der Waals surface area contributed by atoms with Crippen molar-refractivity contribution in [1.29, 1.82) is 0 Å². The second-order valence-electron chi connectivity index (χ2n) is 4.18. The number of amides is 1. The van der Waals surface area contributed by atoms with Gasteiger partial charge < -0.3 is 25.5 Å². The van der Waals surface area contributed by atoms with Crippen LogP contribution in [0.3, 0.4) is 0 Å². The maximum atomic E-state index is 11.6. The third-order valence-corrected chi connectivity index (χ3v) is 2.62. The molecule has 0 radical (unpaired) electrons. The Labute approximate surface area is 120 Å². The lowest BCUT2D eigenvalue weighted by Crippen LogP contribution is -2.46. The van der Waals surface area contributed by atoms with Gasteiger partial charge in [-0.2, -0.15) is 5.10 Å². The van der Waals surface area contributed by atoms with E-state index in [0.717, 1.165) is 6.21 Å². The summed E-state index contributed by atoms with van der Waals surface area (Å²) in [6, 6.07) is 2.91. The maximum Gasteiger partial charge on any atom is 0.271 e. The number of carbonyl (C=O) groups excluding carboxylic acids is 1. The molecule has 21 heavy (non-hydrogen) atoms. The van der Waals surface area contributed by atoms with Crippen molar-refractivity contribution in [1.82, 2.24) is 10.4 Å². The second-order valence-corrected chi connectivity index (χ2v) is 4.18. The zero-order valence-electron chi connectivity index (χ0n) is 10.9. The van der Waals surface area contributed by atoms with Gasteiger partial charge in [-0.25, -0.2) is 5.43 Å². The Balaban J connectivity index is 2.51. The second kappa shape index (κ2) is 8.39. The average Bonchev–Trinajstić information content (AvgIpc) is 2.53. The van der Waals surface area contributed by atoms with E-state index in [-0.39, 0.29) is 0 Å². The highest BCUT2D eigenvalue weighted by Crippen LogP contribution is 2.03. The molecule has 0 aliphatic carbocycles. The van der Waals surface area contributed by atoms with Crippen molar-refractivity contribution in [2.45, 2.75) is 24.4 Å². The lowest BCUT2D eigenvalue weighted by atomic mass is 10.0. The summed E-state index contributed by atoms with van der Waals surface area (Å²) in [5, 5.41) is 49.5. The van der Waals surface area contributed by atoms with Crippen LogP contribution in [0.15, 0.2) is 29.6 Å². The molecule has 9 nitrogen and oxygen atoms in total. The summed E-state index contributed by atoms with van der Waals surface area (Å²) >= 11 is 0. The Bertz CT molecular complexity index is 469. The first-order chi connectivity index (χ1) is 9.97. The van der Waals surface area contributed by atoms with Crippen molar-refractivity contribution < 1.29 is 30.3 Å². The number of rotatable bonds is 7. The van der Waals surface area contributed by atoms with E-state index in [2.05, 4.69) is 15.5 Å². The molecule has 0 spiro atoms. The standard InChI is InChI=1S/C12H17N3O6/c16-6-9(18)11(20)10(19)8(17)5-14-15-12(21)7-1-3-13-4-2-7/h1-5,8-11,16-20H,6H2,(H,15,21)/t8-,9+,10+,11+/m0/s1. The van der Waals surface area contributed by atoms with Crippen molar-refractivity contribution in [3.8, 4) is 0 Å². The molecule has 0 fully saturated rings. The number of hydrazone groups is 1. The number of pyridine rings is 1. The van der Waals surface area contributed by atoms with Crippen molar-refractivity contribution in [3.63, 3.8) is 0 Å². The Morgan fingerprint density at radius 1 is 1.24 bits per heavy atom. The molecule has 1 aromatic rings. The summed E-state index contributed by atoms with van der Waals surface area (Å²) in [6.45, 7) is -0.777. The van der Waals surface area contributed by atoms with E-state index in [4.69, 9.17) is 10.2 Å². The maximum absolute atomic E-state index is 11.6. The predicted molar refractivity (Wildman–Crippen MR) is 71.3 cm³/mol. The van der Waals surface area contributed by atoms with Crippen molar-refractivity contribution >= 4 is 12.1 Å². The van der Waals surface area contributed by atoms with Gasteiger partial charge in [0.2, 0.25) is 0 Å². The molecule has 0 unspecified atom stereocenters. The van der Waals surface area contributed by atoms with Crippen molar-refractivity contribution in [3.05, 3.63) is 30.1 Å². The van der Waals surface area contributed by atoms with Crippen LogP contribution in [0.4, 0.5) is 0 Å². The molecule has 116 valence electrons. The van der Waals surface area contributed by atoms with E-state index in [9.17, 15) is 20.1 Å². The minimum atomic E-state index is -1.77. The normalized spacial score (nSPS) is 17.2. The number of nitrogens with one attached hydrogen (secondary N) is 1. The smallest absolute Gasteiger partial charge is 0.271 e. The number of hydrogen-bond acceptors (Lipinski definition) is 8. The zero-order valence-corrected chi connectivity index (χ0v) is 10.9. The van der Waals surface area contributed by atoms with Gasteiger partial charge in [-0.15, -0.1) is 0 Å². The molecule has 0 saturated carbocycles.